The molecule has 0 spiro atoms. The van der Waals surface area contributed by atoms with E-state index < -0.39 is 0 Å². The summed E-state index contributed by atoms with van der Waals surface area (Å²) in [5.74, 6) is 0.882. The monoisotopic (exact) mass is 211 g/mol. The van der Waals surface area contributed by atoms with Crippen LogP contribution in [0, 0.1) is 0 Å². The quantitative estimate of drug-likeness (QED) is 0.729. The first-order valence-corrected chi connectivity index (χ1v) is 4.88. The van der Waals surface area contributed by atoms with E-state index in [0.29, 0.717) is 17.9 Å². The van der Waals surface area contributed by atoms with Gasteiger partial charge in [0.25, 0.3) is 0 Å². The molecule has 1 aromatic rings. The van der Waals surface area contributed by atoms with Crippen molar-refractivity contribution in [3.63, 3.8) is 0 Å². The van der Waals surface area contributed by atoms with Gasteiger partial charge in [0.05, 0.1) is 25.3 Å². The molecule has 0 fully saturated rings. The molecule has 0 radical (unpaired) electrons. The number of rotatable bonds is 5. The predicted molar refractivity (Wildman–Crippen MR) is 57.7 cm³/mol. The summed E-state index contributed by atoms with van der Waals surface area (Å²) in [6.07, 6.45) is 0.0769. The van der Waals surface area contributed by atoms with E-state index in [1.54, 1.807) is 12.1 Å². The lowest BCUT2D eigenvalue weighted by Crippen LogP contribution is -2.14. The molecule has 0 aromatic heterocycles. The molecule has 84 valence electrons. The van der Waals surface area contributed by atoms with Crippen molar-refractivity contribution in [3.8, 4) is 11.5 Å². The molecule has 15 heavy (non-hydrogen) atoms. The number of phenolic OH excluding ortho intramolecular Hbond substituents is 1. The molecule has 4 heteroatoms. The first-order chi connectivity index (χ1) is 7.15. The van der Waals surface area contributed by atoms with Crippen LogP contribution in [-0.2, 0) is 11.4 Å². The first kappa shape index (κ1) is 11.8. The number of ether oxygens (including phenoxy) is 1. The van der Waals surface area contributed by atoms with Gasteiger partial charge in [-0.1, -0.05) is 6.07 Å². The molecule has 0 saturated heterocycles. The summed E-state index contributed by atoms with van der Waals surface area (Å²) >= 11 is 0. The number of nitrogens with one attached hydrogen (secondary N) is 1. The van der Waals surface area contributed by atoms with Crippen molar-refractivity contribution in [2.45, 2.75) is 26.5 Å². The Morgan fingerprint density at radius 1 is 1.40 bits per heavy atom. The zero-order chi connectivity index (χ0) is 11.3. The van der Waals surface area contributed by atoms with E-state index in [1.807, 2.05) is 19.9 Å². The Morgan fingerprint density at radius 3 is 2.73 bits per heavy atom. The van der Waals surface area contributed by atoms with E-state index in [4.69, 9.17) is 9.57 Å². The molecule has 1 rings (SSSR count). The normalized spacial score (nSPS) is 10.7. The molecule has 0 bridgehead atoms. The van der Waals surface area contributed by atoms with Crippen LogP contribution in [-0.4, -0.2) is 18.3 Å². The van der Waals surface area contributed by atoms with Crippen molar-refractivity contribution < 1.29 is 14.7 Å². The van der Waals surface area contributed by atoms with Crippen LogP contribution < -0.4 is 10.2 Å². The second-order valence-electron chi connectivity index (χ2n) is 3.45. The van der Waals surface area contributed by atoms with E-state index in [9.17, 15) is 5.11 Å². The highest BCUT2D eigenvalue weighted by atomic mass is 16.6. The molecule has 0 aliphatic carbocycles. The molecule has 0 aliphatic heterocycles. The van der Waals surface area contributed by atoms with E-state index in [2.05, 4.69) is 5.48 Å². The third kappa shape index (κ3) is 3.42. The molecule has 0 aliphatic rings. The predicted octanol–water partition coefficient (Wildman–Crippen LogP) is 1.83. The summed E-state index contributed by atoms with van der Waals surface area (Å²) < 4.78 is 5.57. The number of phenols is 1. The average Bonchev–Trinajstić information content (AvgIpc) is 2.16. The number of benzene rings is 1. The molecule has 0 saturated carbocycles. The van der Waals surface area contributed by atoms with E-state index in [-0.39, 0.29) is 11.9 Å². The van der Waals surface area contributed by atoms with Gasteiger partial charge >= 0.3 is 0 Å². The summed E-state index contributed by atoms with van der Waals surface area (Å²) in [5, 5.41) is 9.66. The van der Waals surface area contributed by atoms with Crippen LogP contribution >= 0.6 is 0 Å². The number of aromatic hydroxyl groups is 1. The van der Waals surface area contributed by atoms with Gasteiger partial charge in [-0.15, -0.1) is 0 Å². The number of hydrogen-bond donors (Lipinski definition) is 2. The van der Waals surface area contributed by atoms with Crippen molar-refractivity contribution in [1.82, 2.24) is 5.48 Å². The molecular weight excluding hydrogens is 194 g/mol. The van der Waals surface area contributed by atoms with E-state index in [0.717, 1.165) is 0 Å². The second kappa shape index (κ2) is 5.58. The highest BCUT2D eigenvalue weighted by Crippen LogP contribution is 2.27. The second-order valence-corrected chi connectivity index (χ2v) is 3.45. The fourth-order valence-electron chi connectivity index (χ4n) is 1.24. The smallest absolute Gasteiger partial charge is 0.127 e. The van der Waals surface area contributed by atoms with E-state index >= 15 is 0 Å². The summed E-state index contributed by atoms with van der Waals surface area (Å²) in [6.45, 7) is 4.29. The average molecular weight is 211 g/mol. The maximum atomic E-state index is 9.66. The Kier molecular flexibility index (Phi) is 4.39. The fourth-order valence-corrected chi connectivity index (χ4v) is 1.24. The van der Waals surface area contributed by atoms with Crippen LogP contribution in [0.5, 0.6) is 11.5 Å². The van der Waals surface area contributed by atoms with Gasteiger partial charge in [-0.25, -0.2) is 0 Å². The molecule has 4 nitrogen and oxygen atoms in total. The minimum Gasteiger partial charge on any atom is -0.507 e. The molecule has 2 N–H and O–H groups in total. The summed E-state index contributed by atoms with van der Waals surface area (Å²) in [4.78, 5) is 4.74. The lowest BCUT2D eigenvalue weighted by molar-refractivity contribution is 0.0849. The number of hydrogen-bond acceptors (Lipinski definition) is 4. The van der Waals surface area contributed by atoms with Gasteiger partial charge in [0.2, 0.25) is 0 Å². The standard InChI is InChI=1S/C11H17NO3/c1-8(2)15-11-6-4-5-10(13)9(11)7-12-14-3/h4-6,8,12-13H,7H2,1-3H3. The van der Waals surface area contributed by atoms with Crippen LogP contribution in [0.25, 0.3) is 0 Å². The molecule has 0 atom stereocenters. The summed E-state index contributed by atoms with van der Waals surface area (Å²) in [6, 6.07) is 5.20. The maximum Gasteiger partial charge on any atom is 0.127 e. The molecule has 0 amide bonds. The Bertz CT molecular complexity index is 313. The van der Waals surface area contributed by atoms with Gasteiger partial charge in [0.1, 0.15) is 11.5 Å². The topological polar surface area (TPSA) is 50.7 Å². The summed E-state index contributed by atoms with van der Waals surface area (Å²) in [7, 11) is 1.53. The van der Waals surface area contributed by atoms with Gasteiger partial charge in [-0.3, -0.25) is 0 Å². The minimum atomic E-state index is 0.0769. The van der Waals surface area contributed by atoms with Crippen LogP contribution in [0.1, 0.15) is 19.4 Å². The molecule has 0 unspecified atom stereocenters. The SMILES string of the molecule is CONCc1c(O)cccc1OC(C)C. The molecular formula is C11H17NO3. The third-order valence-corrected chi connectivity index (χ3v) is 1.86. The first-order valence-electron chi connectivity index (χ1n) is 4.88. The largest absolute Gasteiger partial charge is 0.507 e. The van der Waals surface area contributed by atoms with Gasteiger partial charge in [-0.2, -0.15) is 5.48 Å². The van der Waals surface area contributed by atoms with E-state index in [1.165, 1.54) is 7.11 Å². The summed E-state index contributed by atoms with van der Waals surface area (Å²) in [5.41, 5.74) is 3.38. The Balaban J connectivity index is 2.87. The molecule has 0 heterocycles. The Morgan fingerprint density at radius 2 is 2.13 bits per heavy atom. The van der Waals surface area contributed by atoms with Gasteiger partial charge in [0.15, 0.2) is 0 Å². The van der Waals surface area contributed by atoms with Crippen molar-refractivity contribution in [3.05, 3.63) is 23.8 Å². The van der Waals surface area contributed by atoms with Crippen molar-refractivity contribution >= 4 is 0 Å². The highest BCUT2D eigenvalue weighted by molar-refractivity contribution is 5.43. The zero-order valence-corrected chi connectivity index (χ0v) is 9.28. The van der Waals surface area contributed by atoms with Gasteiger partial charge in [0, 0.05) is 0 Å². The zero-order valence-electron chi connectivity index (χ0n) is 9.28. The van der Waals surface area contributed by atoms with Crippen molar-refractivity contribution in [2.24, 2.45) is 0 Å². The Hall–Kier alpha value is -1.26. The van der Waals surface area contributed by atoms with Crippen molar-refractivity contribution in [2.75, 3.05) is 7.11 Å². The lowest BCUT2D eigenvalue weighted by Gasteiger charge is -2.15. The Labute approximate surface area is 89.8 Å². The van der Waals surface area contributed by atoms with Crippen LogP contribution in [0.4, 0.5) is 0 Å². The van der Waals surface area contributed by atoms with Gasteiger partial charge in [-0.05, 0) is 26.0 Å². The molecule has 1 aromatic carbocycles. The van der Waals surface area contributed by atoms with Crippen molar-refractivity contribution in [1.29, 1.82) is 0 Å². The lowest BCUT2D eigenvalue weighted by atomic mass is 10.2. The number of hydroxylamine groups is 1. The highest BCUT2D eigenvalue weighted by Gasteiger charge is 2.09. The minimum absolute atomic E-state index is 0.0769. The fraction of sp³-hybridized carbons (Fsp3) is 0.455. The van der Waals surface area contributed by atoms with Crippen LogP contribution in [0.3, 0.4) is 0 Å². The van der Waals surface area contributed by atoms with Crippen LogP contribution in [0.2, 0.25) is 0 Å². The van der Waals surface area contributed by atoms with Gasteiger partial charge < -0.3 is 14.7 Å². The maximum absolute atomic E-state index is 9.66. The third-order valence-electron chi connectivity index (χ3n) is 1.86. The van der Waals surface area contributed by atoms with Crippen LogP contribution in [0.15, 0.2) is 18.2 Å².